The van der Waals surface area contributed by atoms with Crippen molar-refractivity contribution >= 4 is 11.6 Å². The Morgan fingerprint density at radius 2 is 1.72 bits per heavy atom. The molecular formula is C15H16ClNO. The molecule has 0 fully saturated rings. The van der Waals surface area contributed by atoms with Crippen molar-refractivity contribution in [2.45, 2.75) is 20.4 Å². The van der Waals surface area contributed by atoms with E-state index in [0.717, 1.165) is 11.3 Å². The Morgan fingerprint density at radius 1 is 1.06 bits per heavy atom. The van der Waals surface area contributed by atoms with Gasteiger partial charge in [-0.1, -0.05) is 23.7 Å². The molecule has 0 spiro atoms. The molecule has 2 aromatic carbocycles. The van der Waals surface area contributed by atoms with E-state index in [2.05, 4.69) is 6.07 Å². The lowest BCUT2D eigenvalue weighted by molar-refractivity contribution is 0.482. The van der Waals surface area contributed by atoms with Crippen molar-refractivity contribution in [1.82, 2.24) is 0 Å². The maximum absolute atomic E-state index is 6.16. The van der Waals surface area contributed by atoms with Gasteiger partial charge in [-0.05, 0) is 54.8 Å². The van der Waals surface area contributed by atoms with Gasteiger partial charge in [-0.25, -0.2) is 0 Å². The fourth-order valence-electron chi connectivity index (χ4n) is 1.87. The minimum atomic E-state index is 0.476. The van der Waals surface area contributed by atoms with Crippen molar-refractivity contribution in [2.24, 2.45) is 5.73 Å². The van der Waals surface area contributed by atoms with Crippen molar-refractivity contribution in [3.05, 3.63) is 58.1 Å². The summed E-state index contributed by atoms with van der Waals surface area (Å²) in [5.41, 5.74) is 8.89. The maximum Gasteiger partial charge on any atom is 0.146 e. The van der Waals surface area contributed by atoms with Crippen LogP contribution in [0.2, 0.25) is 5.02 Å². The highest BCUT2D eigenvalue weighted by molar-refractivity contribution is 6.32. The van der Waals surface area contributed by atoms with Crippen LogP contribution in [0.15, 0.2) is 36.4 Å². The molecule has 2 N–H and O–H groups in total. The van der Waals surface area contributed by atoms with Gasteiger partial charge in [0.25, 0.3) is 0 Å². The molecule has 0 aliphatic carbocycles. The number of hydrogen-bond donors (Lipinski definition) is 1. The number of ether oxygens (including phenoxy) is 1. The molecular weight excluding hydrogens is 246 g/mol. The zero-order chi connectivity index (χ0) is 13.1. The summed E-state index contributed by atoms with van der Waals surface area (Å²) in [7, 11) is 0. The lowest BCUT2D eigenvalue weighted by Crippen LogP contribution is -1.96. The van der Waals surface area contributed by atoms with Crippen LogP contribution in [0.5, 0.6) is 11.5 Å². The summed E-state index contributed by atoms with van der Waals surface area (Å²) in [4.78, 5) is 0. The molecule has 2 aromatic rings. The minimum absolute atomic E-state index is 0.476. The largest absolute Gasteiger partial charge is 0.456 e. The molecule has 0 aliphatic heterocycles. The third-order valence-corrected chi connectivity index (χ3v) is 2.95. The quantitative estimate of drug-likeness (QED) is 0.898. The summed E-state index contributed by atoms with van der Waals surface area (Å²) in [6, 6.07) is 11.7. The van der Waals surface area contributed by atoms with E-state index in [1.54, 1.807) is 0 Å². The van der Waals surface area contributed by atoms with Crippen LogP contribution in [-0.2, 0) is 6.54 Å². The van der Waals surface area contributed by atoms with Crippen molar-refractivity contribution in [3.8, 4) is 11.5 Å². The Labute approximate surface area is 112 Å². The second-order valence-corrected chi connectivity index (χ2v) is 4.80. The Morgan fingerprint density at radius 3 is 2.28 bits per heavy atom. The number of aryl methyl sites for hydroxylation is 2. The monoisotopic (exact) mass is 261 g/mol. The van der Waals surface area contributed by atoms with E-state index in [0.29, 0.717) is 17.3 Å². The van der Waals surface area contributed by atoms with Gasteiger partial charge in [0.05, 0.1) is 5.02 Å². The van der Waals surface area contributed by atoms with Gasteiger partial charge in [-0.15, -0.1) is 0 Å². The van der Waals surface area contributed by atoms with Crippen molar-refractivity contribution < 1.29 is 4.74 Å². The van der Waals surface area contributed by atoms with Gasteiger partial charge < -0.3 is 10.5 Å². The van der Waals surface area contributed by atoms with Crippen LogP contribution in [0, 0.1) is 13.8 Å². The number of rotatable bonds is 3. The third-order valence-electron chi connectivity index (χ3n) is 2.66. The summed E-state index contributed by atoms with van der Waals surface area (Å²) in [6.45, 7) is 4.56. The summed E-state index contributed by atoms with van der Waals surface area (Å²) in [6.07, 6.45) is 0. The number of hydrogen-bond acceptors (Lipinski definition) is 2. The molecule has 0 amide bonds. The fourth-order valence-corrected chi connectivity index (χ4v) is 2.11. The molecule has 3 heteroatoms. The molecule has 2 rings (SSSR count). The van der Waals surface area contributed by atoms with Crippen LogP contribution in [0.1, 0.15) is 16.7 Å². The van der Waals surface area contributed by atoms with Crippen molar-refractivity contribution in [3.63, 3.8) is 0 Å². The Kier molecular flexibility index (Phi) is 3.90. The van der Waals surface area contributed by atoms with Crippen LogP contribution in [0.4, 0.5) is 0 Å². The Balaban J connectivity index is 2.28. The molecule has 0 unspecified atom stereocenters. The van der Waals surface area contributed by atoms with Gasteiger partial charge >= 0.3 is 0 Å². The lowest BCUT2D eigenvalue weighted by Gasteiger charge is -2.10. The van der Waals surface area contributed by atoms with E-state index in [-0.39, 0.29) is 0 Å². The van der Waals surface area contributed by atoms with Gasteiger partial charge in [-0.2, -0.15) is 0 Å². The molecule has 0 aromatic heterocycles. The number of benzene rings is 2. The first kappa shape index (κ1) is 12.9. The standard InChI is InChI=1S/C15H16ClNO/c1-10-5-11(2)7-13(6-10)18-15-4-3-12(9-17)8-14(15)16/h3-8H,9,17H2,1-2H3. The van der Waals surface area contributed by atoms with Crippen molar-refractivity contribution in [2.75, 3.05) is 0 Å². The number of halogens is 1. The summed E-state index contributed by atoms with van der Waals surface area (Å²) >= 11 is 6.16. The van der Waals surface area contributed by atoms with Crippen LogP contribution in [0.3, 0.4) is 0 Å². The van der Waals surface area contributed by atoms with E-state index in [1.807, 2.05) is 44.2 Å². The zero-order valence-corrected chi connectivity index (χ0v) is 11.3. The lowest BCUT2D eigenvalue weighted by atomic mass is 10.1. The minimum Gasteiger partial charge on any atom is -0.456 e. The predicted molar refractivity (Wildman–Crippen MR) is 75.3 cm³/mol. The number of nitrogens with two attached hydrogens (primary N) is 1. The van der Waals surface area contributed by atoms with Crippen LogP contribution < -0.4 is 10.5 Å². The Bertz CT molecular complexity index is 546. The van der Waals surface area contributed by atoms with Crippen LogP contribution in [0.25, 0.3) is 0 Å². The molecule has 0 aliphatic rings. The topological polar surface area (TPSA) is 35.2 Å². The third kappa shape index (κ3) is 3.03. The second kappa shape index (κ2) is 5.42. The van der Waals surface area contributed by atoms with Gasteiger partial charge in [0.2, 0.25) is 0 Å². The molecule has 0 atom stereocenters. The zero-order valence-electron chi connectivity index (χ0n) is 10.5. The molecule has 94 valence electrons. The first-order valence-corrected chi connectivity index (χ1v) is 6.21. The molecule has 0 saturated heterocycles. The molecule has 18 heavy (non-hydrogen) atoms. The summed E-state index contributed by atoms with van der Waals surface area (Å²) < 4.78 is 5.80. The van der Waals surface area contributed by atoms with E-state index in [4.69, 9.17) is 22.1 Å². The fraction of sp³-hybridized carbons (Fsp3) is 0.200. The van der Waals surface area contributed by atoms with Crippen LogP contribution >= 0.6 is 11.6 Å². The van der Waals surface area contributed by atoms with Crippen LogP contribution in [-0.4, -0.2) is 0 Å². The first-order valence-electron chi connectivity index (χ1n) is 5.83. The van der Waals surface area contributed by atoms with Gasteiger partial charge in [0.15, 0.2) is 0 Å². The highest BCUT2D eigenvalue weighted by Crippen LogP contribution is 2.30. The molecule has 0 heterocycles. The summed E-state index contributed by atoms with van der Waals surface area (Å²) in [5.74, 6) is 1.45. The molecule has 0 radical (unpaired) electrons. The maximum atomic E-state index is 6.16. The van der Waals surface area contributed by atoms with Gasteiger partial charge in [0.1, 0.15) is 11.5 Å². The van der Waals surface area contributed by atoms with E-state index in [1.165, 1.54) is 11.1 Å². The average molecular weight is 262 g/mol. The van der Waals surface area contributed by atoms with Crippen molar-refractivity contribution in [1.29, 1.82) is 0 Å². The van der Waals surface area contributed by atoms with Gasteiger partial charge in [-0.3, -0.25) is 0 Å². The molecule has 0 saturated carbocycles. The predicted octanol–water partition coefficient (Wildman–Crippen LogP) is 4.21. The van der Waals surface area contributed by atoms with E-state index in [9.17, 15) is 0 Å². The summed E-state index contributed by atoms with van der Waals surface area (Å²) in [5, 5.41) is 0.581. The normalized spacial score (nSPS) is 10.4. The average Bonchev–Trinajstić information content (AvgIpc) is 2.30. The SMILES string of the molecule is Cc1cc(C)cc(Oc2ccc(CN)cc2Cl)c1. The highest BCUT2D eigenvalue weighted by Gasteiger charge is 2.05. The van der Waals surface area contributed by atoms with E-state index >= 15 is 0 Å². The smallest absolute Gasteiger partial charge is 0.146 e. The highest BCUT2D eigenvalue weighted by atomic mass is 35.5. The second-order valence-electron chi connectivity index (χ2n) is 4.39. The van der Waals surface area contributed by atoms with E-state index < -0.39 is 0 Å². The molecule has 0 bridgehead atoms. The Hall–Kier alpha value is -1.51. The molecule has 2 nitrogen and oxygen atoms in total. The first-order chi connectivity index (χ1) is 8.58. The van der Waals surface area contributed by atoms with Gasteiger partial charge in [0, 0.05) is 6.54 Å².